The Morgan fingerprint density at radius 2 is 1.96 bits per heavy atom. The van der Waals surface area contributed by atoms with Crippen molar-refractivity contribution < 1.29 is 4.79 Å². The minimum Gasteiger partial charge on any atom is -0.369 e. The number of nitrogens with zero attached hydrogens (tertiary/aromatic N) is 4. The number of rotatable bonds is 7. The molecule has 0 aliphatic carbocycles. The number of aryl methyl sites for hydroxylation is 1. The lowest BCUT2D eigenvalue weighted by atomic mass is 10.2. The number of aromatic nitrogens is 2. The Kier molecular flexibility index (Phi) is 6.82. The van der Waals surface area contributed by atoms with Crippen LogP contribution in [0.4, 0.5) is 5.69 Å². The van der Waals surface area contributed by atoms with Gasteiger partial charge in [-0.05, 0) is 42.2 Å². The SMILES string of the molecule is CCCc1nnsc1C(=O)NCCN1CCN(c2ccc(Cl)cc2)CC1. The lowest BCUT2D eigenvalue weighted by Crippen LogP contribution is -2.48. The molecule has 1 aromatic heterocycles. The maximum Gasteiger partial charge on any atom is 0.264 e. The van der Waals surface area contributed by atoms with Gasteiger partial charge in [0.2, 0.25) is 0 Å². The number of benzene rings is 1. The van der Waals surface area contributed by atoms with Crippen molar-refractivity contribution in [3.8, 4) is 0 Å². The van der Waals surface area contributed by atoms with Crippen LogP contribution in [-0.4, -0.2) is 59.7 Å². The Morgan fingerprint density at radius 1 is 1.23 bits per heavy atom. The summed E-state index contributed by atoms with van der Waals surface area (Å²) in [6.45, 7) is 7.51. The molecule has 1 aliphatic rings. The molecule has 0 atom stereocenters. The fraction of sp³-hybridized carbons (Fsp3) is 0.500. The van der Waals surface area contributed by atoms with Crippen molar-refractivity contribution in [1.82, 2.24) is 19.8 Å². The second kappa shape index (κ2) is 9.30. The van der Waals surface area contributed by atoms with E-state index in [4.69, 9.17) is 11.6 Å². The van der Waals surface area contributed by atoms with E-state index in [9.17, 15) is 4.79 Å². The van der Waals surface area contributed by atoms with Gasteiger partial charge < -0.3 is 10.2 Å². The third-order valence-corrected chi connectivity index (χ3v) is 5.55. The monoisotopic (exact) mass is 393 g/mol. The summed E-state index contributed by atoms with van der Waals surface area (Å²) in [5.74, 6) is -0.0525. The molecule has 140 valence electrons. The van der Waals surface area contributed by atoms with Crippen molar-refractivity contribution in [3.05, 3.63) is 39.9 Å². The van der Waals surface area contributed by atoms with Crippen LogP contribution in [0.2, 0.25) is 5.02 Å². The standard InChI is InChI=1S/C18H24ClN5OS/c1-2-3-16-17(26-22-21-16)18(25)20-8-9-23-10-12-24(13-11-23)15-6-4-14(19)5-7-15/h4-7H,2-3,8-13H2,1H3,(H,20,25). The Hall–Kier alpha value is -1.70. The van der Waals surface area contributed by atoms with E-state index in [1.807, 2.05) is 12.1 Å². The summed E-state index contributed by atoms with van der Waals surface area (Å²) < 4.78 is 3.91. The van der Waals surface area contributed by atoms with Crippen LogP contribution in [0.5, 0.6) is 0 Å². The number of anilines is 1. The summed E-state index contributed by atoms with van der Waals surface area (Å²) >= 11 is 7.13. The smallest absolute Gasteiger partial charge is 0.264 e. The van der Waals surface area contributed by atoms with Crippen LogP contribution >= 0.6 is 23.1 Å². The normalized spacial score (nSPS) is 15.2. The second-order valence-electron chi connectivity index (χ2n) is 6.36. The molecule has 3 rings (SSSR count). The van der Waals surface area contributed by atoms with Crippen molar-refractivity contribution in [2.75, 3.05) is 44.2 Å². The van der Waals surface area contributed by atoms with Gasteiger partial charge in [0.25, 0.3) is 5.91 Å². The number of nitrogens with one attached hydrogen (secondary N) is 1. The van der Waals surface area contributed by atoms with E-state index >= 15 is 0 Å². The average Bonchev–Trinajstić information content (AvgIpc) is 3.12. The molecule has 0 bridgehead atoms. The molecule has 1 amide bonds. The van der Waals surface area contributed by atoms with Gasteiger partial charge in [-0.2, -0.15) is 0 Å². The van der Waals surface area contributed by atoms with Crippen molar-refractivity contribution in [2.45, 2.75) is 19.8 Å². The quantitative estimate of drug-likeness (QED) is 0.783. The number of hydrogen-bond donors (Lipinski definition) is 1. The molecule has 2 aromatic rings. The molecule has 6 nitrogen and oxygen atoms in total. The number of carbonyl (C=O) groups is 1. The van der Waals surface area contributed by atoms with Crippen LogP contribution in [0.15, 0.2) is 24.3 Å². The van der Waals surface area contributed by atoms with Gasteiger partial charge in [-0.3, -0.25) is 9.69 Å². The van der Waals surface area contributed by atoms with Gasteiger partial charge >= 0.3 is 0 Å². The number of hydrogen-bond acceptors (Lipinski definition) is 6. The highest BCUT2D eigenvalue weighted by atomic mass is 35.5. The van der Waals surface area contributed by atoms with Crippen LogP contribution in [0.3, 0.4) is 0 Å². The first-order valence-corrected chi connectivity index (χ1v) is 10.1. The first-order chi connectivity index (χ1) is 12.7. The van der Waals surface area contributed by atoms with Crippen LogP contribution in [-0.2, 0) is 6.42 Å². The Bertz CT molecular complexity index is 713. The zero-order chi connectivity index (χ0) is 18.4. The number of amides is 1. The molecule has 1 aliphatic heterocycles. The van der Waals surface area contributed by atoms with Crippen molar-refractivity contribution in [3.63, 3.8) is 0 Å². The van der Waals surface area contributed by atoms with Crippen molar-refractivity contribution in [1.29, 1.82) is 0 Å². The van der Waals surface area contributed by atoms with E-state index in [0.29, 0.717) is 11.4 Å². The van der Waals surface area contributed by atoms with Crippen LogP contribution in [0, 0.1) is 0 Å². The van der Waals surface area contributed by atoms with Crippen LogP contribution in [0.1, 0.15) is 28.7 Å². The Balaban J connectivity index is 1.40. The molecular weight excluding hydrogens is 370 g/mol. The van der Waals surface area contributed by atoms with Gasteiger partial charge in [0.05, 0.1) is 5.69 Å². The summed E-state index contributed by atoms with van der Waals surface area (Å²) in [7, 11) is 0. The predicted octanol–water partition coefficient (Wildman–Crippen LogP) is 2.70. The fourth-order valence-electron chi connectivity index (χ4n) is 3.07. The summed E-state index contributed by atoms with van der Waals surface area (Å²) in [5, 5.41) is 7.82. The number of halogens is 1. The average molecular weight is 394 g/mol. The molecular formula is C18H24ClN5OS. The minimum absolute atomic E-state index is 0.0525. The maximum atomic E-state index is 12.3. The van der Waals surface area contributed by atoms with E-state index < -0.39 is 0 Å². The third-order valence-electron chi connectivity index (χ3n) is 4.53. The highest BCUT2D eigenvalue weighted by Gasteiger charge is 2.18. The molecule has 0 saturated carbocycles. The molecule has 1 aromatic carbocycles. The summed E-state index contributed by atoms with van der Waals surface area (Å²) in [4.78, 5) is 17.7. The molecule has 0 radical (unpaired) electrons. The summed E-state index contributed by atoms with van der Waals surface area (Å²) in [6, 6.07) is 7.99. The van der Waals surface area contributed by atoms with Gasteiger partial charge in [-0.25, -0.2) is 0 Å². The van der Waals surface area contributed by atoms with E-state index in [2.05, 4.69) is 43.8 Å². The molecule has 26 heavy (non-hydrogen) atoms. The highest BCUT2D eigenvalue weighted by Crippen LogP contribution is 2.19. The lowest BCUT2D eigenvalue weighted by Gasteiger charge is -2.36. The first kappa shape index (κ1) is 19.1. The van der Waals surface area contributed by atoms with Gasteiger partial charge in [-0.1, -0.05) is 29.4 Å². The molecule has 0 spiro atoms. The van der Waals surface area contributed by atoms with Crippen molar-refractivity contribution >= 4 is 34.7 Å². The third kappa shape index (κ3) is 4.93. The molecule has 8 heteroatoms. The molecule has 1 fully saturated rings. The topological polar surface area (TPSA) is 61.4 Å². The first-order valence-electron chi connectivity index (χ1n) is 8.99. The highest BCUT2D eigenvalue weighted by molar-refractivity contribution is 7.08. The van der Waals surface area contributed by atoms with E-state index in [1.54, 1.807) is 0 Å². The van der Waals surface area contributed by atoms with Gasteiger partial charge in [-0.15, -0.1) is 5.10 Å². The summed E-state index contributed by atoms with van der Waals surface area (Å²) in [5.41, 5.74) is 2.02. The molecule has 1 N–H and O–H groups in total. The van der Waals surface area contributed by atoms with Crippen LogP contribution in [0.25, 0.3) is 0 Å². The van der Waals surface area contributed by atoms with E-state index in [0.717, 1.165) is 56.3 Å². The molecule has 0 unspecified atom stereocenters. The molecule has 1 saturated heterocycles. The van der Waals surface area contributed by atoms with Gasteiger partial charge in [0.15, 0.2) is 0 Å². The predicted molar refractivity (Wildman–Crippen MR) is 106 cm³/mol. The molecule has 2 heterocycles. The zero-order valence-electron chi connectivity index (χ0n) is 14.9. The minimum atomic E-state index is -0.0525. The largest absolute Gasteiger partial charge is 0.369 e. The maximum absolute atomic E-state index is 12.3. The van der Waals surface area contributed by atoms with E-state index in [-0.39, 0.29) is 5.91 Å². The fourth-order valence-corrected chi connectivity index (χ4v) is 3.82. The Morgan fingerprint density at radius 3 is 2.65 bits per heavy atom. The van der Waals surface area contributed by atoms with Gasteiger partial charge in [0.1, 0.15) is 4.88 Å². The second-order valence-corrected chi connectivity index (χ2v) is 7.55. The van der Waals surface area contributed by atoms with Crippen LogP contribution < -0.4 is 10.2 Å². The van der Waals surface area contributed by atoms with Crippen molar-refractivity contribution in [2.24, 2.45) is 0 Å². The number of carbonyl (C=O) groups excluding carboxylic acids is 1. The van der Waals surface area contributed by atoms with Gasteiger partial charge in [0, 0.05) is 50.0 Å². The Labute approximate surface area is 163 Å². The lowest BCUT2D eigenvalue weighted by molar-refractivity contribution is 0.0950. The number of piperazine rings is 1. The summed E-state index contributed by atoms with van der Waals surface area (Å²) in [6.07, 6.45) is 1.76. The van der Waals surface area contributed by atoms with E-state index in [1.165, 1.54) is 17.2 Å². The zero-order valence-corrected chi connectivity index (χ0v) is 16.5.